The zero-order valence-corrected chi connectivity index (χ0v) is 22.5. The van der Waals surface area contributed by atoms with Gasteiger partial charge in [-0.1, -0.05) is 45.7 Å². The van der Waals surface area contributed by atoms with Gasteiger partial charge in [0.05, 0.1) is 6.54 Å². The number of carbonyl (C=O) groups is 1. The van der Waals surface area contributed by atoms with E-state index in [0.29, 0.717) is 29.1 Å². The topological polar surface area (TPSA) is 127 Å². The number of H-pyrrole nitrogens is 1. The first-order chi connectivity index (χ1) is 17.7. The molecule has 10 heteroatoms. The Balaban J connectivity index is 0.000000711. The Morgan fingerprint density at radius 2 is 1.89 bits per heavy atom. The van der Waals surface area contributed by atoms with E-state index in [1.54, 1.807) is 11.6 Å². The van der Waals surface area contributed by atoms with Crippen molar-refractivity contribution in [3.63, 3.8) is 0 Å². The number of benzene rings is 1. The normalized spacial score (nSPS) is 17.0. The van der Waals surface area contributed by atoms with Crippen molar-refractivity contribution in [3.8, 4) is 0 Å². The van der Waals surface area contributed by atoms with Crippen LogP contribution in [0.25, 0.3) is 22.1 Å². The minimum atomic E-state index is -0.367. The quantitative estimate of drug-likeness (QED) is 0.356. The van der Waals surface area contributed by atoms with E-state index in [0.717, 1.165) is 35.0 Å². The third-order valence-electron chi connectivity index (χ3n) is 6.90. The molecule has 0 radical (unpaired) electrons. The van der Waals surface area contributed by atoms with Gasteiger partial charge in [-0.15, -0.1) is 0 Å². The predicted molar refractivity (Wildman–Crippen MR) is 147 cm³/mol. The standard InChI is InChI=1S/C24H30N6O2.C2H6.CH2O2/c1-14-7-5-9-16(11-14)26-23-27-21-20(28(23)3)22(31)30(24(32)29(21)4)13-17-12-18-15(2)8-6-10-19(18)25-17;1-2;2-1-3/h6,8,10,12,14,16,25H,5,7,9,11,13H2,1-4H3,(H,26,27);1-2H3;1H,(H,2,3). The molecule has 10 nitrogen and oxygen atoms in total. The third-order valence-corrected chi connectivity index (χ3v) is 6.90. The van der Waals surface area contributed by atoms with Crippen molar-refractivity contribution in [1.82, 2.24) is 23.7 Å². The maximum atomic E-state index is 13.4. The van der Waals surface area contributed by atoms with Crippen LogP contribution in [0.1, 0.15) is 57.7 Å². The molecule has 1 aromatic carbocycles. The fourth-order valence-corrected chi connectivity index (χ4v) is 5.08. The molecule has 3 aromatic heterocycles. The molecule has 4 aromatic rings. The summed E-state index contributed by atoms with van der Waals surface area (Å²) in [7, 11) is 3.52. The number of anilines is 1. The predicted octanol–water partition coefficient (Wildman–Crippen LogP) is 3.99. The summed E-state index contributed by atoms with van der Waals surface area (Å²) in [5.41, 5.74) is 3.14. The number of nitrogens with zero attached hydrogens (tertiary/aromatic N) is 4. The molecule has 1 saturated carbocycles. The largest absolute Gasteiger partial charge is 0.483 e. The van der Waals surface area contributed by atoms with Crippen LogP contribution in [0, 0.1) is 12.8 Å². The molecule has 3 N–H and O–H groups in total. The van der Waals surface area contributed by atoms with E-state index in [2.05, 4.69) is 35.2 Å². The SMILES string of the molecule is CC.Cc1cccc2[nH]c(Cn3c(=O)c4c(nc(NC5CCCC(C)C5)n4C)n(C)c3=O)cc12.O=CO. The molecular weight excluding hydrogens is 472 g/mol. The fraction of sp³-hybridized carbons (Fsp3) is 0.481. The molecule has 3 heterocycles. The van der Waals surface area contributed by atoms with E-state index < -0.39 is 0 Å². The van der Waals surface area contributed by atoms with Crippen molar-refractivity contribution in [3.05, 3.63) is 56.4 Å². The van der Waals surface area contributed by atoms with E-state index in [1.165, 1.54) is 22.0 Å². The molecular formula is C27H38N6O4. The van der Waals surface area contributed by atoms with Crippen LogP contribution in [0.4, 0.5) is 5.95 Å². The summed E-state index contributed by atoms with van der Waals surface area (Å²) in [5, 5.41) is 11.5. The summed E-state index contributed by atoms with van der Waals surface area (Å²) in [4.78, 5) is 42.8. The fourth-order valence-electron chi connectivity index (χ4n) is 5.08. The molecule has 2 atom stereocenters. The van der Waals surface area contributed by atoms with Gasteiger partial charge in [-0.3, -0.25) is 18.7 Å². The first kappa shape index (κ1) is 27.8. The Labute approximate surface area is 216 Å². The Bertz CT molecular complexity index is 1490. The Kier molecular flexibility index (Phi) is 8.96. The maximum Gasteiger partial charge on any atom is 0.332 e. The van der Waals surface area contributed by atoms with Crippen LogP contribution in [0.5, 0.6) is 0 Å². The van der Waals surface area contributed by atoms with Crippen LogP contribution in [0.15, 0.2) is 33.9 Å². The molecule has 5 rings (SSSR count). The highest BCUT2D eigenvalue weighted by atomic mass is 16.3. The van der Waals surface area contributed by atoms with E-state index >= 15 is 0 Å². The number of aromatic amines is 1. The van der Waals surface area contributed by atoms with Crippen LogP contribution < -0.4 is 16.6 Å². The van der Waals surface area contributed by atoms with Crippen molar-refractivity contribution in [2.24, 2.45) is 20.0 Å². The van der Waals surface area contributed by atoms with E-state index in [4.69, 9.17) is 9.90 Å². The molecule has 0 amide bonds. The number of nitrogens with one attached hydrogen (secondary N) is 2. The van der Waals surface area contributed by atoms with Crippen LogP contribution in [0.2, 0.25) is 0 Å². The summed E-state index contributed by atoms with van der Waals surface area (Å²) >= 11 is 0. The van der Waals surface area contributed by atoms with Gasteiger partial charge in [-0.25, -0.2) is 4.79 Å². The van der Waals surface area contributed by atoms with Crippen LogP contribution in [-0.2, 0) is 25.4 Å². The number of rotatable bonds is 4. The number of hydrogen-bond donors (Lipinski definition) is 3. The van der Waals surface area contributed by atoms with Crippen molar-refractivity contribution in [1.29, 1.82) is 0 Å². The summed E-state index contributed by atoms with van der Waals surface area (Å²) < 4.78 is 4.55. The Morgan fingerprint density at radius 3 is 2.54 bits per heavy atom. The zero-order chi connectivity index (χ0) is 27.3. The number of hydrogen-bond acceptors (Lipinski definition) is 5. The lowest BCUT2D eigenvalue weighted by atomic mass is 9.87. The van der Waals surface area contributed by atoms with Gasteiger partial charge in [0.2, 0.25) is 5.95 Å². The van der Waals surface area contributed by atoms with Crippen molar-refractivity contribution in [2.75, 3.05) is 5.32 Å². The van der Waals surface area contributed by atoms with Gasteiger partial charge in [0.15, 0.2) is 11.2 Å². The molecule has 37 heavy (non-hydrogen) atoms. The molecule has 1 fully saturated rings. The van der Waals surface area contributed by atoms with E-state index in [9.17, 15) is 9.59 Å². The highest BCUT2D eigenvalue weighted by Gasteiger charge is 2.23. The van der Waals surface area contributed by atoms with Crippen molar-refractivity contribution >= 4 is 34.5 Å². The maximum absolute atomic E-state index is 13.4. The van der Waals surface area contributed by atoms with Crippen molar-refractivity contribution in [2.45, 2.75) is 66.0 Å². The minimum Gasteiger partial charge on any atom is -0.483 e. The summed E-state index contributed by atoms with van der Waals surface area (Å²) in [6.07, 6.45) is 4.63. The number of carboxylic acid groups (broad SMARTS) is 1. The summed E-state index contributed by atoms with van der Waals surface area (Å²) in [6.45, 7) is 8.26. The molecule has 1 aliphatic carbocycles. The number of aryl methyl sites for hydroxylation is 3. The first-order valence-electron chi connectivity index (χ1n) is 12.8. The minimum absolute atomic E-state index is 0.184. The lowest BCUT2D eigenvalue weighted by molar-refractivity contribution is -0.122. The Hall–Kier alpha value is -3.82. The average Bonchev–Trinajstić information content (AvgIpc) is 3.44. The number of imidazole rings is 1. The smallest absolute Gasteiger partial charge is 0.332 e. The average molecular weight is 511 g/mol. The lowest BCUT2D eigenvalue weighted by Crippen LogP contribution is -2.39. The van der Waals surface area contributed by atoms with Gasteiger partial charge >= 0.3 is 5.69 Å². The first-order valence-corrected chi connectivity index (χ1v) is 12.8. The molecule has 1 aliphatic rings. The highest BCUT2D eigenvalue weighted by molar-refractivity contribution is 5.83. The number of aromatic nitrogens is 5. The van der Waals surface area contributed by atoms with E-state index in [1.807, 2.05) is 39.1 Å². The zero-order valence-electron chi connectivity index (χ0n) is 22.5. The molecule has 0 spiro atoms. The van der Waals surface area contributed by atoms with Crippen LogP contribution >= 0.6 is 0 Å². The van der Waals surface area contributed by atoms with Crippen molar-refractivity contribution < 1.29 is 9.90 Å². The molecule has 0 saturated heterocycles. The third kappa shape index (κ3) is 5.63. The second kappa shape index (κ2) is 11.9. The Morgan fingerprint density at radius 1 is 1.19 bits per heavy atom. The van der Waals surface area contributed by atoms with Crippen LogP contribution in [-0.4, -0.2) is 41.3 Å². The molecule has 200 valence electrons. The van der Waals surface area contributed by atoms with Gasteiger partial charge in [-0.2, -0.15) is 4.98 Å². The molecule has 0 bridgehead atoms. The summed E-state index contributed by atoms with van der Waals surface area (Å²) in [5.74, 6) is 1.32. The highest BCUT2D eigenvalue weighted by Crippen LogP contribution is 2.26. The molecule has 0 aliphatic heterocycles. The van der Waals surface area contributed by atoms with Crippen LogP contribution in [0.3, 0.4) is 0 Å². The van der Waals surface area contributed by atoms with E-state index in [-0.39, 0.29) is 24.3 Å². The second-order valence-electron chi connectivity index (χ2n) is 9.45. The second-order valence-corrected chi connectivity index (χ2v) is 9.45. The summed E-state index contributed by atoms with van der Waals surface area (Å²) in [6, 6.07) is 8.39. The van der Waals surface area contributed by atoms with Gasteiger partial charge in [0, 0.05) is 36.7 Å². The van der Waals surface area contributed by atoms with Gasteiger partial charge in [0.1, 0.15) is 0 Å². The van der Waals surface area contributed by atoms with Gasteiger partial charge in [-0.05, 0) is 43.4 Å². The van der Waals surface area contributed by atoms with Gasteiger partial charge in [0.25, 0.3) is 12.0 Å². The van der Waals surface area contributed by atoms with Gasteiger partial charge < -0.3 is 20.0 Å². The molecule has 2 unspecified atom stereocenters. The number of fused-ring (bicyclic) bond motifs is 2. The lowest BCUT2D eigenvalue weighted by Gasteiger charge is -2.27. The monoisotopic (exact) mass is 510 g/mol.